The predicted octanol–water partition coefficient (Wildman–Crippen LogP) is 17.0. The van der Waals surface area contributed by atoms with Gasteiger partial charge in [-0.3, -0.25) is 0 Å². The van der Waals surface area contributed by atoms with Gasteiger partial charge in [0, 0.05) is 75.8 Å². The Morgan fingerprint density at radius 1 is 0.387 bits per heavy atom. The van der Waals surface area contributed by atoms with Crippen LogP contribution in [0.15, 0.2) is 223 Å². The van der Waals surface area contributed by atoms with Crippen LogP contribution in [0.3, 0.4) is 0 Å². The van der Waals surface area contributed by atoms with E-state index in [2.05, 4.69) is 228 Å². The van der Waals surface area contributed by atoms with Gasteiger partial charge in [-0.1, -0.05) is 140 Å². The Morgan fingerprint density at radius 3 is 1.90 bits per heavy atom. The molecule has 13 rings (SSSR count). The number of para-hydroxylation sites is 2. The van der Waals surface area contributed by atoms with Crippen molar-refractivity contribution in [2.45, 2.75) is 0 Å². The third kappa shape index (κ3) is 5.37. The SMILES string of the molecule is c1ccc(-c2c3c(cc4c2c2ccc(-c5ccc6sc7ccccc7c6c5)cc2n4-c2ccc(N(c4ccccc4)c4cccc5ccccc45)cc2)oc2ccccc23)cc1. The van der Waals surface area contributed by atoms with E-state index in [1.807, 2.05) is 11.3 Å². The van der Waals surface area contributed by atoms with E-state index in [0.29, 0.717) is 0 Å². The van der Waals surface area contributed by atoms with Crippen LogP contribution in [0.25, 0.3) is 103 Å². The molecule has 0 fully saturated rings. The van der Waals surface area contributed by atoms with Crippen molar-refractivity contribution in [3.63, 3.8) is 0 Å². The normalized spacial score (nSPS) is 11.9. The van der Waals surface area contributed by atoms with Gasteiger partial charge in [0.2, 0.25) is 0 Å². The van der Waals surface area contributed by atoms with Gasteiger partial charge in [-0.25, -0.2) is 0 Å². The first kappa shape index (κ1) is 34.9. The molecule has 13 aromatic rings. The Hall–Kier alpha value is -7.92. The largest absolute Gasteiger partial charge is 0.456 e. The first-order chi connectivity index (χ1) is 30.7. The van der Waals surface area contributed by atoms with Gasteiger partial charge in [0.05, 0.1) is 16.7 Å². The molecule has 0 amide bonds. The summed E-state index contributed by atoms with van der Waals surface area (Å²) in [6.45, 7) is 0. The van der Waals surface area contributed by atoms with Gasteiger partial charge in [-0.15, -0.1) is 11.3 Å². The van der Waals surface area contributed by atoms with Gasteiger partial charge in [-0.05, 0) is 94.9 Å². The summed E-state index contributed by atoms with van der Waals surface area (Å²) in [7, 11) is 0. The highest BCUT2D eigenvalue weighted by molar-refractivity contribution is 7.25. The summed E-state index contributed by atoms with van der Waals surface area (Å²) < 4.78 is 11.8. The smallest absolute Gasteiger partial charge is 0.138 e. The quantitative estimate of drug-likeness (QED) is 0.167. The van der Waals surface area contributed by atoms with Gasteiger partial charge in [0.1, 0.15) is 11.2 Å². The van der Waals surface area contributed by atoms with Gasteiger partial charge in [-0.2, -0.15) is 0 Å². The molecule has 3 aromatic heterocycles. The van der Waals surface area contributed by atoms with Crippen LogP contribution in [-0.2, 0) is 0 Å². The molecular formula is C58H36N2OS. The molecule has 0 radical (unpaired) electrons. The lowest BCUT2D eigenvalue weighted by atomic mass is 9.94. The number of rotatable bonds is 6. The lowest BCUT2D eigenvalue weighted by Gasteiger charge is -2.27. The molecule has 0 bridgehead atoms. The van der Waals surface area contributed by atoms with Gasteiger partial charge in [0.15, 0.2) is 0 Å². The molecule has 0 atom stereocenters. The number of nitrogens with zero attached hydrogens (tertiary/aromatic N) is 2. The van der Waals surface area contributed by atoms with E-state index in [0.717, 1.165) is 61.3 Å². The number of benzene rings is 10. The Kier molecular flexibility index (Phi) is 7.78. The van der Waals surface area contributed by atoms with E-state index in [9.17, 15) is 0 Å². The van der Waals surface area contributed by atoms with Crippen LogP contribution in [0.1, 0.15) is 0 Å². The first-order valence-corrected chi connectivity index (χ1v) is 21.9. The maximum Gasteiger partial charge on any atom is 0.138 e. The number of aromatic nitrogens is 1. The lowest BCUT2D eigenvalue weighted by Crippen LogP contribution is -2.10. The number of hydrogen-bond donors (Lipinski definition) is 0. The molecule has 0 aliphatic carbocycles. The summed E-state index contributed by atoms with van der Waals surface area (Å²) in [5.74, 6) is 0. The molecule has 62 heavy (non-hydrogen) atoms. The molecule has 3 heterocycles. The van der Waals surface area contributed by atoms with E-state index in [1.165, 1.54) is 58.4 Å². The van der Waals surface area contributed by atoms with Crippen LogP contribution in [0.4, 0.5) is 17.1 Å². The zero-order chi connectivity index (χ0) is 40.7. The number of furan rings is 1. The second-order valence-corrected chi connectivity index (χ2v) is 17.1. The van der Waals surface area contributed by atoms with Crippen molar-refractivity contribution in [2.75, 3.05) is 4.90 Å². The Balaban J connectivity index is 1.08. The zero-order valence-electron chi connectivity index (χ0n) is 33.5. The Bertz CT molecular complexity index is 3850. The number of fused-ring (bicyclic) bond motifs is 10. The average molecular weight is 809 g/mol. The molecule has 0 saturated heterocycles. The minimum absolute atomic E-state index is 0.874. The van der Waals surface area contributed by atoms with Crippen molar-refractivity contribution >= 4 is 103 Å². The summed E-state index contributed by atoms with van der Waals surface area (Å²) in [6, 6.07) is 79.2. The third-order valence-electron chi connectivity index (χ3n) is 12.6. The molecule has 0 spiro atoms. The van der Waals surface area contributed by atoms with Crippen molar-refractivity contribution in [3.05, 3.63) is 218 Å². The van der Waals surface area contributed by atoms with Crippen molar-refractivity contribution < 1.29 is 4.42 Å². The van der Waals surface area contributed by atoms with Crippen LogP contribution in [0, 0.1) is 0 Å². The minimum atomic E-state index is 0.874. The van der Waals surface area contributed by atoms with Gasteiger partial charge < -0.3 is 13.9 Å². The fourth-order valence-electron chi connectivity index (χ4n) is 9.80. The second-order valence-electron chi connectivity index (χ2n) is 16.0. The second kappa shape index (κ2) is 13.8. The van der Waals surface area contributed by atoms with Gasteiger partial charge >= 0.3 is 0 Å². The Morgan fingerprint density at radius 2 is 1.05 bits per heavy atom. The Labute approximate surface area is 361 Å². The van der Waals surface area contributed by atoms with Crippen molar-refractivity contribution in [2.24, 2.45) is 0 Å². The molecule has 10 aromatic carbocycles. The van der Waals surface area contributed by atoms with E-state index in [-0.39, 0.29) is 0 Å². The summed E-state index contributed by atoms with van der Waals surface area (Å²) in [5, 5.41) is 9.68. The molecule has 0 aliphatic rings. The fourth-order valence-corrected chi connectivity index (χ4v) is 10.9. The van der Waals surface area contributed by atoms with Crippen LogP contribution in [0.5, 0.6) is 0 Å². The monoisotopic (exact) mass is 808 g/mol. The summed E-state index contributed by atoms with van der Waals surface area (Å²) in [4.78, 5) is 2.37. The number of thiophene rings is 1. The van der Waals surface area contributed by atoms with Crippen molar-refractivity contribution in [1.82, 2.24) is 4.57 Å². The average Bonchev–Trinajstić information content (AvgIpc) is 4.01. The van der Waals surface area contributed by atoms with E-state index in [1.54, 1.807) is 0 Å². The summed E-state index contributed by atoms with van der Waals surface area (Å²) >= 11 is 1.86. The third-order valence-corrected chi connectivity index (χ3v) is 13.7. The molecular weight excluding hydrogens is 773 g/mol. The van der Waals surface area contributed by atoms with Crippen molar-refractivity contribution in [1.29, 1.82) is 0 Å². The highest BCUT2D eigenvalue weighted by Crippen LogP contribution is 2.48. The molecule has 0 saturated carbocycles. The maximum atomic E-state index is 6.74. The summed E-state index contributed by atoms with van der Waals surface area (Å²) in [6.07, 6.45) is 0. The highest BCUT2D eigenvalue weighted by Gasteiger charge is 2.24. The van der Waals surface area contributed by atoms with Gasteiger partial charge in [0.25, 0.3) is 0 Å². The van der Waals surface area contributed by atoms with Crippen molar-refractivity contribution in [3.8, 4) is 27.9 Å². The maximum absolute atomic E-state index is 6.74. The van der Waals surface area contributed by atoms with E-state index < -0.39 is 0 Å². The predicted molar refractivity (Wildman–Crippen MR) is 264 cm³/mol. The number of anilines is 3. The van der Waals surface area contributed by atoms with Crippen LogP contribution in [-0.4, -0.2) is 4.57 Å². The standard InChI is InChI=1S/C58H36N2OS/c1-3-15-38(16-4-1)56-57-46-32-26-40(39-27-33-55-48(34-39)45-21-10-12-25-54(45)62-55)35-50(46)60(51(57)36-53-58(56)47-22-9-11-24-52(47)61-53)43-30-28-42(29-31-43)59(41-18-5-2-6-19-41)49-23-13-17-37-14-7-8-20-44(37)49/h1-36H. The van der Waals surface area contributed by atoms with E-state index in [4.69, 9.17) is 4.42 Å². The van der Waals surface area contributed by atoms with Crippen LogP contribution < -0.4 is 4.90 Å². The first-order valence-electron chi connectivity index (χ1n) is 21.1. The molecule has 290 valence electrons. The summed E-state index contributed by atoms with van der Waals surface area (Å²) in [5.41, 5.74) is 13.1. The van der Waals surface area contributed by atoms with Crippen LogP contribution in [0.2, 0.25) is 0 Å². The van der Waals surface area contributed by atoms with Crippen LogP contribution >= 0.6 is 11.3 Å². The molecule has 4 heteroatoms. The minimum Gasteiger partial charge on any atom is -0.456 e. The molecule has 0 N–H and O–H groups in total. The molecule has 0 unspecified atom stereocenters. The molecule has 3 nitrogen and oxygen atoms in total. The van der Waals surface area contributed by atoms with E-state index >= 15 is 0 Å². The zero-order valence-corrected chi connectivity index (χ0v) is 34.3. The highest BCUT2D eigenvalue weighted by atomic mass is 32.1. The molecule has 0 aliphatic heterocycles. The fraction of sp³-hybridized carbons (Fsp3) is 0. The lowest BCUT2D eigenvalue weighted by molar-refractivity contribution is 0.669. The topological polar surface area (TPSA) is 21.3 Å². The number of hydrogen-bond acceptors (Lipinski definition) is 3.